The van der Waals surface area contributed by atoms with Crippen LogP contribution in [0, 0.1) is 0 Å². The van der Waals surface area contributed by atoms with Crippen molar-refractivity contribution in [2.24, 2.45) is 0 Å². The average molecular weight is 194 g/mol. The summed E-state index contributed by atoms with van der Waals surface area (Å²) in [7, 11) is 0. The zero-order chi connectivity index (χ0) is 9.97. The minimum absolute atomic E-state index is 0.244. The molecular weight excluding hydrogens is 180 g/mol. The first kappa shape index (κ1) is 9.21. The Kier molecular flexibility index (Phi) is 2.49. The fourth-order valence-corrected chi connectivity index (χ4v) is 1.75. The molecule has 4 N–H and O–H groups in total. The monoisotopic (exact) mass is 194 g/mol. The second kappa shape index (κ2) is 3.79. The molecule has 0 aromatic carbocycles. The Morgan fingerprint density at radius 1 is 1.64 bits per heavy atom. The lowest BCUT2D eigenvalue weighted by Crippen LogP contribution is -2.25. The molecule has 1 aliphatic rings. The summed E-state index contributed by atoms with van der Waals surface area (Å²) in [4.78, 5) is 10.9. The van der Waals surface area contributed by atoms with Gasteiger partial charge in [-0.15, -0.1) is 0 Å². The molecule has 2 rings (SSSR count). The number of aromatic nitrogens is 2. The third-order valence-electron chi connectivity index (χ3n) is 2.50. The van der Waals surface area contributed by atoms with Gasteiger partial charge in [0.05, 0.1) is 5.69 Å². The van der Waals surface area contributed by atoms with Crippen LogP contribution in [0.1, 0.15) is 18.5 Å². The van der Waals surface area contributed by atoms with Crippen LogP contribution in [0.5, 0.6) is 0 Å². The van der Waals surface area contributed by atoms with Crippen molar-refractivity contribution in [1.82, 2.24) is 15.5 Å². The lowest BCUT2D eigenvalue weighted by atomic mass is 10.1. The number of nitrogens with two attached hydrogens (primary N) is 1. The second-order valence-corrected chi connectivity index (χ2v) is 3.64. The molecule has 5 nitrogen and oxygen atoms in total. The summed E-state index contributed by atoms with van der Waals surface area (Å²) < 4.78 is 0. The fraction of sp³-hybridized carbons (Fsp3) is 0.556. The zero-order valence-corrected chi connectivity index (χ0v) is 7.92. The molecule has 0 spiro atoms. The first-order chi connectivity index (χ1) is 6.75. The normalized spacial score (nSPS) is 21.3. The van der Waals surface area contributed by atoms with Crippen molar-refractivity contribution in [2.45, 2.75) is 25.3 Å². The molecule has 1 aromatic rings. The Labute approximate surface area is 81.7 Å². The van der Waals surface area contributed by atoms with E-state index in [0.29, 0.717) is 6.04 Å². The quantitative estimate of drug-likeness (QED) is 0.600. The van der Waals surface area contributed by atoms with E-state index in [4.69, 9.17) is 5.73 Å². The molecule has 0 amide bonds. The molecule has 14 heavy (non-hydrogen) atoms. The maximum absolute atomic E-state index is 10.9. The van der Waals surface area contributed by atoms with Crippen LogP contribution in [0.15, 0.2) is 10.9 Å². The van der Waals surface area contributed by atoms with Crippen LogP contribution in [-0.4, -0.2) is 22.8 Å². The van der Waals surface area contributed by atoms with Crippen molar-refractivity contribution in [3.05, 3.63) is 22.1 Å². The van der Waals surface area contributed by atoms with Gasteiger partial charge in [0.15, 0.2) is 0 Å². The molecule has 5 heteroatoms. The van der Waals surface area contributed by atoms with Gasteiger partial charge in [-0.1, -0.05) is 0 Å². The molecule has 0 bridgehead atoms. The van der Waals surface area contributed by atoms with Crippen LogP contribution in [0.2, 0.25) is 0 Å². The molecule has 76 valence electrons. The van der Waals surface area contributed by atoms with Crippen LogP contribution in [-0.2, 0) is 6.42 Å². The number of hydrogen-bond acceptors (Lipinski definition) is 4. The SMILES string of the molecule is Nc1cc(CC2CCCN2)n[nH]c1=O. The van der Waals surface area contributed by atoms with Crippen LogP contribution in [0.4, 0.5) is 5.69 Å². The highest BCUT2D eigenvalue weighted by molar-refractivity contribution is 5.34. The smallest absolute Gasteiger partial charge is 0.287 e. The number of anilines is 1. The lowest BCUT2D eigenvalue weighted by molar-refractivity contribution is 0.590. The summed E-state index contributed by atoms with van der Waals surface area (Å²) in [6.45, 7) is 1.07. The van der Waals surface area contributed by atoms with Crippen LogP contribution in [0.3, 0.4) is 0 Å². The lowest BCUT2D eigenvalue weighted by Gasteiger charge is -2.08. The molecule has 1 saturated heterocycles. The van der Waals surface area contributed by atoms with Crippen molar-refractivity contribution >= 4 is 5.69 Å². The van der Waals surface area contributed by atoms with Gasteiger partial charge in [0.25, 0.3) is 5.56 Å². The highest BCUT2D eigenvalue weighted by Gasteiger charge is 2.15. The highest BCUT2D eigenvalue weighted by Crippen LogP contribution is 2.10. The summed E-state index contributed by atoms with van der Waals surface area (Å²) in [5, 5.41) is 9.70. The van der Waals surface area contributed by atoms with Gasteiger partial charge in [0, 0.05) is 12.5 Å². The van der Waals surface area contributed by atoms with E-state index in [2.05, 4.69) is 15.5 Å². The van der Waals surface area contributed by atoms with Gasteiger partial charge in [-0.05, 0) is 25.5 Å². The van der Waals surface area contributed by atoms with Gasteiger partial charge >= 0.3 is 0 Å². The van der Waals surface area contributed by atoms with E-state index in [0.717, 1.165) is 18.7 Å². The van der Waals surface area contributed by atoms with E-state index in [-0.39, 0.29) is 11.2 Å². The molecule has 0 saturated carbocycles. The van der Waals surface area contributed by atoms with E-state index < -0.39 is 0 Å². The number of hydrogen-bond donors (Lipinski definition) is 3. The van der Waals surface area contributed by atoms with Crippen molar-refractivity contribution in [1.29, 1.82) is 0 Å². The maximum atomic E-state index is 10.9. The number of nitrogens with zero attached hydrogens (tertiary/aromatic N) is 1. The van der Waals surface area contributed by atoms with E-state index in [1.165, 1.54) is 12.8 Å². The van der Waals surface area contributed by atoms with Crippen molar-refractivity contribution < 1.29 is 0 Å². The first-order valence-corrected chi connectivity index (χ1v) is 4.83. The van der Waals surface area contributed by atoms with Crippen molar-refractivity contribution in [3.63, 3.8) is 0 Å². The predicted octanol–water partition coefficient (Wildman–Crippen LogP) is -0.353. The van der Waals surface area contributed by atoms with E-state index >= 15 is 0 Å². The third kappa shape index (κ3) is 1.93. The minimum Gasteiger partial charge on any atom is -0.394 e. The number of nitrogen functional groups attached to an aromatic ring is 1. The van der Waals surface area contributed by atoms with Crippen LogP contribution < -0.4 is 16.6 Å². The zero-order valence-electron chi connectivity index (χ0n) is 7.92. The minimum atomic E-state index is -0.312. The number of aromatic amines is 1. The van der Waals surface area contributed by atoms with E-state index in [1.54, 1.807) is 6.07 Å². The molecule has 1 aliphatic heterocycles. The van der Waals surface area contributed by atoms with Gasteiger partial charge in [-0.25, -0.2) is 5.10 Å². The Morgan fingerprint density at radius 3 is 3.14 bits per heavy atom. The van der Waals surface area contributed by atoms with E-state index in [9.17, 15) is 4.79 Å². The molecular formula is C9H14N4O. The maximum Gasteiger partial charge on any atom is 0.287 e. The van der Waals surface area contributed by atoms with Gasteiger partial charge < -0.3 is 11.1 Å². The van der Waals surface area contributed by atoms with E-state index in [1.807, 2.05) is 0 Å². The predicted molar refractivity (Wildman–Crippen MR) is 54.0 cm³/mol. The summed E-state index contributed by atoms with van der Waals surface area (Å²) in [6.07, 6.45) is 3.21. The molecule has 1 aromatic heterocycles. The summed E-state index contributed by atoms with van der Waals surface area (Å²) in [5.74, 6) is 0. The number of rotatable bonds is 2. The molecule has 0 radical (unpaired) electrons. The molecule has 1 fully saturated rings. The van der Waals surface area contributed by atoms with Crippen molar-refractivity contribution in [2.75, 3.05) is 12.3 Å². The Balaban J connectivity index is 2.09. The standard InChI is InChI=1S/C9H14N4O/c10-8-5-7(12-13-9(8)14)4-6-2-1-3-11-6/h5-6,11H,1-4H2,(H2,10,12)(H,13,14). The highest BCUT2D eigenvalue weighted by atomic mass is 16.1. The molecule has 1 atom stereocenters. The summed E-state index contributed by atoms with van der Waals surface area (Å²) in [6, 6.07) is 2.13. The Morgan fingerprint density at radius 2 is 2.50 bits per heavy atom. The average Bonchev–Trinajstić information content (AvgIpc) is 2.64. The summed E-state index contributed by atoms with van der Waals surface area (Å²) in [5.41, 5.74) is 6.27. The molecule has 1 unspecified atom stereocenters. The largest absolute Gasteiger partial charge is 0.394 e. The number of nitrogens with one attached hydrogen (secondary N) is 2. The fourth-order valence-electron chi connectivity index (χ4n) is 1.75. The molecule has 2 heterocycles. The Hall–Kier alpha value is -1.36. The van der Waals surface area contributed by atoms with Crippen LogP contribution >= 0.6 is 0 Å². The topological polar surface area (TPSA) is 83.8 Å². The Bertz CT molecular complexity index is 367. The number of H-pyrrole nitrogens is 1. The van der Waals surface area contributed by atoms with Gasteiger partial charge in [-0.3, -0.25) is 4.79 Å². The second-order valence-electron chi connectivity index (χ2n) is 3.64. The third-order valence-corrected chi connectivity index (χ3v) is 2.50. The van der Waals surface area contributed by atoms with Gasteiger partial charge in [0.2, 0.25) is 0 Å². The van der Waals surface area contributed by atoms with Crippen molar-refractivity contribution in [3.8, 4) is 0 Å². The van der Waals surface area contributed by atoms with Crippen LogP contribution in [0.25, 0.3) is 0 Å². The first-order valence-electron chi connectivity index (χ1n) is 4.83. The summed E-state index contributed by atoms with van der Waals surface area (Å²) >= 11 is 0. The van der Waals surface area contributed by atoms with Gasteiger partial charge in [0.1, 0.15) is 5.69 Å². The van der Waals surface area contributed by atoms with Gasteiger partial charge in [-0.2, -0.15) is 5.10 Å². The molecule has 0 aliphatic carbocycles.